The van der Waals surface area contributed by atoms with Gasteiger partial charge in [-0.2, -0.15) is 8.42 Å². The molecule has 0 spiro atoms. The molecule has 0 aromatic carbocycles. The Balaban J connectivity index is 1.56. The number of ketones is 1. The van der Waals surface area contributed by atoms with Gasteiger partial charge in [-0.25, -0.2) is 4.18 Å². The summed E-state index contributed by atoms with van der Waals surface area (Å²) >= 11 is 0. The summed E-state index contributed by atoms with van der Waals surface area (Å²) in [4.78, 5) is 12.3. The SMILES string of the molecule is C[C@]12CCC3C(=CCC4=C3CC[C@H](OS(=O)(=O)O)C4)C1CCC2=O. The van der Waals surface area contributed by atoms with Crippen LogP contribution in [0, 0.1) is 17.3 Å². The minimum absolute atomic E-state index is 0.161. The van der Waals surface area contributed by atoms with Gasteiger partial charge >= 0.3 is 10.4 Å². The molecule has 0 heterocycles. The van der Waals surface area contributed by atoms with Gasteiger partial charge in [-0.1, -0.05) is 29.7 Å². The van der Waals surface area contributed by atoms with Crippen LogP contribution in [0.25, 0.3) is 0 Å². The van der Waals surface area contributed by atoms with E-state index in [-0.39, 0.29) is 5.41 Å². The zero-order valence-electron chi connectivity index (χ0n) is 14.0. The van der Waals surface area contributed by atoms with Gasteiger partial charge in [0.2, 0.25) is 0 Å². The topological polar surface area (TPSA) is 80.7 Å². The van der Waals surface area contributed by atoms with Crippen molar-refractivity contribution < 1.29 is 21.9 Å². The fourth-order valence-corrected chi connectivity index (χ4v) is 6.08. The van der Waals surface area contributed by atoms with E-state index < -0.39 is 16.5 Å². The Hall–Kier alpha value is -0.980. The van der Waals surface area contributed by atoms with E-state index in [1.807, 2.05) is 0 Å². The Kier molecular flexibility index (Phi) is 3.79. The van der Waals surface area contributed by atoms with E-state index in [0.717, 1.165) is 32.1 Å². The average Bonchev–Trinajstić information content (AvgIpc) is 2.81. The zero-order valence-corrected chi connectivity index (χ0v) is 14.8. The Bertz CT molecular complexity index is 747. The third kappa shape index (κ3) is 2.59. The predicted molar refractivity (Wildman–Crippen MR) is 88.6 cm³/mol. The van der Waals surface area contributed by atoms with Gasteiger partial charge in [-0.3, -0.25) is 9.35 Å². The second kappa shape index (κ2) is 5.51. The summed E-state index contributed by atoms with van der Waals surface area (Å²) in [5.74, 6) is 1.26. The van der Waals surface area contributed by atoms with Gasteiger partial charge in [0.25, 0.3) is 0 Å². The summed E-state index contributed by atoms with van der Waals surface area (Å²) in [5.41, 5.74) is 4.02. The van der Waals surface area contributed by atoms with Crippen molar-refractivity contribution in [1.29, 1.82) is 0 Å². The van der Waals surface area contributed by atoms with Crippen LogP contribution in [0.4, 0.5) is 0 Å². The minimum atomic E-state index is -4.39. The quantitative estimate of drug-likeness (QED) is 0.609. The van der Waals surface area contributed by atoms with Gasteiger partial charge in [0.15, 0.2) is 0 Å². The molecular weight excluding hydrogens is 328 g/mol. The lowest BCUT2D eigenvalue weighted by molar-refractivity contribution is -0.127. The van der Waals surface area contributed by atoms with E-state index >= 15 is 0 Å². The van der Waals surface area contributed by atoms with Crippen LogP contribution in [-0.4, -0.2) is 24.9 Å². The van der Waals surface area contributed by atoms with E-state index in [9.17, 15) is 13.2 Å². The maximum Gasteiger partial charge on any atom is 0.397 e. The fourth-order valence-electron chi connectivity index (χ4n) is 5.57. The first-order chi connectivity index (χ1) is 11.3. The molecule has 2 saturated carbocycles. The van der Waals surface area contributed by atoms with Gasteiger partial charge in [-0.15, -0.1) is 0 Å². The normalized spacial score (nSPS) is 39.2. The monoisotopic (exact) mass is 352 g/mol. The fraction of sp³-hybridized carbons (Fsp3) is 0.722. The smallest absolute Gasteiger partial charge is 0.299 e. The molecule has 0 aliphatic heterocycles. The van der Waals surface area contributed by atoms with Crippen molar-refractivity contribution in [3.05, 3.63) is 22.8 Å². The van der Waals surface area contributed by atoms with Crippen molar-refractivity contribution in [2.24, 2.45) is 17.3 Å². The molecule has 0 aromatic heterocycles. The largest absolute Gasteiger partial charge is 0.397 e. The van der Waals surface area contributed by atoms with Crippen molar-refractivity contribution in [3.63, 3.8) is 0 Å². The van der Waals surface area contributed by atoms with Gasteiger partial charge in [0.05, 0.1) is 6.10 Å². The van der Waals surface area contributed by atoms with Crippen LogP contribution in [-0.2, 0) is 19.4 Å². The first kappa shape index (κ1) is 16.5. The average molecular weight is 352 g/mol. The van der Waals surface area contributed by atoms with Crippen LogP contribution in [0.3, 0.4) is 0 Å². The lowest BCUT2D eigenvalue weighted by Gasteiger charge is -2.45. The first-order valence-corrected chi connectivity index (χ1v) is 10.2. The molecule has 0 aromatic rings. The molecule has 4 rings (SSSR count). The number of fused-ring (bicyclic) bond motifs is 4. The molecule has 4 aliphatic carbocycles. The number of hydrogen-bond donors (Lipinski definition) is 1. The number of hydrogen-bond acceptors (Lipinski definition) is 4. The summed E-state index contributed by atoms with van der Waals surface area (Å²) in [5, 5.41) is 0. The molecule has 0 saturated heterocycles. The molecular formula is C18H24O5S. The molecule has 0 amide bonds. The zero-order chi connectivity index (χ0) is 17.1. The third-order valence-corrected chi connectivity index (χ3v) is 7.26. The predicted octanol–water partition coefficient (Wildman–Crippen LogP) is 3.38. The Morgan fingerprint density at radius 1 is 1.25 bits per heavy atom. The molecule has 0 bridgehead atoms. The van der Waals surface area contributed by atoms with Crippen molar-refractivity contribution in [2.45, 2.75) is 64.4 Å². The van der Waals surface area contributed by atoms with Crippen LogP contribution in [0.15, 0.2) is 22.8 Å². The molecule has 4 atom stereocenters. The number of allylic oxidation sites excluding steroid dienone is 3. The van der Waals surface area contributed by atoms with Crippen molar-refractivity contribution >= 4 is 16.2 Å². The number of rotatable bonds is 2. The highest BCUT2D eigenvalue weighted by molar-refractivity contribution is 7.80. The number of carbonyl (C=O) groups excluding carboxylic acids is 1. The van der Waals surface area contributed by atoms with Gasteiger partial charge in [0.1, 0.15) is 5.78 Å². The highest BCUT2D eigenvalue weighted by Crippen LogP contribution is 2.58. The number of Topliss-reactive ketones (excluding diaryl/α,β-unsaturated/α-hetero) is 1. The van der Waals surface area contributed by atoms with E-state index in [1.165, 1.54) is 16.7 Å². The molecule has 4 aliphatic rings. The van der Waals surface area contributed by atoms with Crippen LogP contribution in [0.1, 0.15) is 58.3 Å². The Labute approximate surface area is 143 Å². The van der Waals surface area contributed by atoms with Crippen LogP contribution < -0.4 is 0 Å². The second-order valence-electron chi connectivity index (χ2n) is 7.95. The van der Waals surface area contributed by atoms with Gasteiger partial charge < -0.3 is 0 Å². The molecule has 5 nitrogen and oxygen atoms in total. The lowest BCUT2D eigenvalue weighted by atomic mass is 9.58. The molecule has 132 valence electrons. The summed E-state index contributed by atoms with van der Waals surface area (Å²) in [6.07, 6.45) is 8.38. The minimum Gasteiger partial charge on any atom is -0.299 e. The van der Waals surface area contributed by atoms with Crippen molar-refractivity contribution in [1.82, 2.24) is 0 Å². The van der Waals surface area contributed by atoms with Crippen LogP contribution >= 0.6 is 0 Å². The Morgan fingerprint density at radius 2 is 2.04 bits per heavy atom. The first-order valence-electron chi connectivity index (χ1n) is 8.87. The maximum atomic E-state index is 12.3. The molecule has 2 unspecified atom stereocenters. The molecule has 1 N–H and O–H groups in total. The summed E-state index contributed by atoms with van der Waals surface area (Å²) in [6.45, 7) is 2.14. The third-order valence-electron chi connectivity index (χ3n) is 6.75. The summed E-state index contributed by atoms with van der Waals surface area (Å²) < 4.78 is 35.6. The summed E-state index contributed by atoms with van der Waals surface area (Å²) in [6, 6.07) is 0. The molecule has 2 fully saturated rings. The molecule has 24 heavy (non-hydrogen) atoms. The molecule has 6 heteroatoms. The van der Waals surface area contributed by atoms with Gasteiger partial charge in [0, 0.05) is 17.8 Å². The van der Waals surface area contributed by atoms with Crippen molar-refractivity contribution in [2.75, 3.05) is 0 Å². The second-order valence-corrected chi connectivity index (χ2v) is 9.00. The van der Waals surface area contributed by atoms with Crippen LogP contribution in [0.5, 0.6) is 0 Å². The van der Waals surface area contributed by atoms with Crippen molar-refractivity contribution in [3.8, 4) is 0 Å². The van der Waals surface area contributed by atoms with E-state index in [0.29, 0.717) is 36.9 Å². The maximum absolute atomic E-state index is 12.3. The van der Waals surface area contributed by atoms with Gasteiger partial charge in [-0.05, 0) is 50.9 Å². The highest BCUT2D eigenvalue weighted by Gasteiger charge is 2.52. The van der Waals surface area contributed by atoms with Crippen LogP contribution in [0.2, 0.25) is 0 Å². The standard InChI is InChI=1S/C18H24O5S/c1-18-9-8-14-13-5-3-12(23-24(20,21)22)10-11(13)2-4-15(14)16(18)6-7-17(18)19/h4,12,14,16H,2-3,5-10H2,1H3,(H,20,21,22)/t12-,14?,16?,18-/m0/s1. The van der Waals surface area contributed by atoms with E-state index in [4.69, 9.17) is 8.74 Å². The van der Waals surface area contributed by atoms with E-state index in [1.54, 1.807) is 0 Å². The van der Waals surface area contributed by atoms with E-state index in [2.05, 4.69) is 13.0 Å². The lowest BCUT2D eigenvalue weighted by Crippen LogP contribution is -2.39. The summed E-state index contributed by atoms with van der Waals surface area (Å²) in [7, 11) is -4.39. The molecule has 0 radical (unpaired) electrons. The number of carbonyl (C=O) groups is 1. The highest BCUT2D eigenvalue weighted by atomic mass is 32.3. The Morgan fingerprint density at radius 3 is 2.79 bits per heavy atom.